The van der Waals surface area contributed by atoms with Gasteiger partial charge in [0.1, 0.15) is 0 Å². The number of para-hydroxylation sites is 3. The highest BCUT2D eigenvalue weighted by Gasteiger charge is 1.79. The molecular weight excluding hydrogens is 379 g/mol. The SMILES string of the molecule is NNc1ccccc1.NNc1ccccc1.NNc1ccccc1.OP(O)O. The maximum atomic E-state index is 7.23. The predicted molar refractivity (Wildman–Crippen MR) is 116 cm³/mol. The standard InChI is InChI=1S/3C6H8N2.H3O3P/c3*7-8-6-4-2-1-3-5-6;1-4(2)3/h3*1-5,8H,7H2;1-3H. The Morgan fingerprint density at radius 2 is 0.643 bits per heavy atom. The van der Waals surface area contributed by atoms with Crippen molar-refractivity contribution in [1.82, 2.24) is 0 Å². The molecule has 12 N–H and O–H groups in total. The van der Waals surface area contributed by atoms with Gasteiger partial charge in [-0.1, -0.05) is 54.6 Å². The van der Waals surface area contributed by atoms with E-state index in [1.807, 2.05) is 91.0 Å². The van der Waals surface area contributed by atoms with Crippen LogP contribution in [0.3, 0.4) is 0 Å². The molecule has 0 heterocycles. The summed E-state index contributed by atoms with van der Waals surface area (Å²) >= 11 is 0. The zero-order valence-corrected chi connectivity index (χ0v) is 16.1. The summed E-state index contributed by atoms with van der Waals surface area (Å²) in [4.78, 5) is 21.7. The summed E-state index contributed by atoms with van der Waals surface area (Å²) in [6.07, 6.45) is 0. The third-order valence-corrected chi connectivity index (χ3v) is 2.82. The van der Waals surface area contributed by atoms with E-state index in [0.29, 0.717) is 0 Å². The number of nitrogen functional groups attached to an aromatic ring is 3. The molecule has 0 unspecified atom stereocenters. The second-order valence-electron chi connectivity index (χ2n) is 4.80. The molecule has 0 saturated heterocycles. The highest BCUT2D eigenvalue weighted by Crippen LogP contribution is 2.11. The molecule has 0 bridgehead atoms. The molecule has 3 aromatic rings. The Labute approximate surface area is 165 Å². The fraction of sp³-hybridized carbons (Fsp3) is 0. The quantitative estimate of drug-likeness (QED) is 0.179. The van der Waals surface area contributed by atoms with Gasteiger partial charge in [-0.25, -0.2) is 0 Å². The van der Waals surface area contributed by atoms with Gasteiger partial charge in [-0.3, -0.25) is 17.5 Å². The van der Waals surface area contributed by atoms with Crippen LogP contribution in [0.25, 0.3) is 0 Å². The highest BCUT2D eigenvalue weighted by molar-refractivity contribution is 7.38. The molecule has 0 saturated carbocycles. The number of nitrogens with two attached hydrogens (primary N) is 3. The van der Waals surface area contributed by atoms with Gasteiger partial charge in [-0.15, -0.1) is 0 Å². The molecule has 3 aromatic carbocycles. The average Bonchev–Trinajstić information content (AvgIpc) is 2.76. The van der Waals surface area contributed by atoms with Crippen molar-refractivity contribution in [3.05, 3.63) is 91.0 Å². The van der Waals surface area contributed by atoms with Gasteiger partial charge in [0.05, 0.1) is 0 Å². The Bertz CT molecular complexity index is 597. The lowest BCUT2D eigenvalue weighted by Gasteiger charge is -1.94. The minimum atomic E-state index is -2.62. The molecule has 0 spiro atoms. The van der Waals surface area contributed by atoms with Crippen molar-refractivity contribution in [1.29, 1.82) is 0 Å². The van der Waals surface area contributed by atoms with Crippen molar-refractivity contribution in [2.45, 2.75) is 0 Å². The van der Waals surface area contributed by atoms with Crippen LogP contribution < -0.4 is 33.8 Å². The Hall–Kier alpha value is -2.75. The van der Waals surface area contributed by atoms with Gasteiger partial charge in [-0.2, -0.15) is 0 Å². The van der Waals surface area contributed by atoms with E-state index in [2.05, 4.69) is 16.3 Å². The first-order valence-corrected chi connectivity index (χ1v) is 9.15. The lowest BCUT2D eigenvalue weighted by atomic mass is 10.3. The summed E-state index contributed by atoms with van der Waals surface area (Å²) in [5, 5.41) is 0. The van der Waals surface area contributed by atoms with Crippen LogP contribution in [0, 0.1) is 0 Å². The highest BCUT2D eigenvalue weighted by atomic mass is 31.2. The van der Waals surface area contributed by atoms with Gasteiger partial charge in [0.2, 0.25) is 0 Å². The van der Waals surface area contributed by atoms with Crippen molar-refractivity contribution < 1.29 is 14.7 Å². The first kappa shape index (κ1) is 25.2. The summed E-state index contributed by atoms with van der Waals surface area (Å²) in [6.45, 7) is 0. The topological polar surface area (TPSA) is 175 Å². The molecule has 0 aliphatic heterocycles. The molecule has 0 aliphatic rings. The molecule has 0 radical (unpaired) electrons. The summed E-state index contributed by atoms with van der Waals surface area (Å²) in [6, 6.07) is 28.8. The van der Waals surface area contributed by atoms with Crippen LogP contribution in [0.1, 0.15) is 0 Å². The van der Waals surface area contributed by atoms with E-state index in [0.717, 1.165) is 17.1 Å². The second kappa shape index (κ2) is 17.7. The van der Waals surface area contributed by atoms with E-state index < -0.39 is 8.60 Å². The molecular formula is C18H27N6O3P. The average molecular weight is 406 g/mol. The summed E-state index contributed by atoms with van der Waals surface area (Å²) in [7, 11) is -2.62. The van der Waals surface area contributed by atoms with E-state index in [1.165, 1.54) is 0 Å². The van der Waals surface area contributed by atoms with Crippen molar-refractivity contribution in [2.75, 3.05) is 16.3 Å². The zero-order valence-electron chi connectivity index (χ0n) is 15.2. The molecule has 9 nitrogen and oxygen atoms in total. The second-order valence-corrected chi connectivity index (χ2v) is 5.34. The van der Waals surface area contributed by atoms with Gasteiger partial charge in [-0.05, 0) is 36.4 Å². The number of nitrogens with one attached hydrogen (secondary N) is 3. The first-order valence-electron chi connectivity index (χ1n) is 7.95. The largest absolute Gasteiger partial charge is 0.328 e. The van der Waals surface area contributed by atoms with Gasteiger partial charge in [0.15, 0.2) is 0 Å². The maximum absolute atomic E-state index is 7.23. The molecule has 0 aromatic heterocycles. The molecule has 152 valence electrons. The third-order valence-electron chi connectivity index (χ3n) is 2.82. The lowest BCUT2D eigenvalue weighted by molar-refractivity contribution is 0.368. The van der Waals surface area contributed by atoms with Crippen molar-refractivity contribution in [2.24, 2.45) is 17.5 Å². The summed E-state index contributed by atoms with van der Waals surface area (Å²) in [5.41, 5.74) is 10.4. The van der Waals surface area contributed by atoms with Crippen molar-refractivity contribution in [3.63, 3.8) is 0 Å². The molecule has 0 aliphatic carbocycles. The van der Waals surface area contributed by atoms with E-state index in [9.17, 15) is 0 Å². The van der Waals surface area contributed by atoms with Crippen LogP contribution in [-0.4, -0.2) is 14.7 Å². The van der Waals surface area contributed by atoms with E-state index in [-0.39, 0.29) is 0 Å². The van der Waals surface area contributed by atoms with E-state index in [4.69, 9.17) is 32.2 Å². The Morgan fingerprint density at radius 3 is 0.750 bits per heavy atom. The smallest absolute Gasteiger partial charge is 0.324 e. The fourth-order valence-electron chi connectivity index (χ4n) is 1.60. The van der Waals surface area contributed by atoms with Gasteiger partial charge in [0, 0.05) is 17.1 Å². The molecule has 28 heavy (non-hydrogen) atoms. The number of benzene rings is 3. The zero-order chi connectivity index (χ0) is 21.0. The number of hydrogen-bond donors (Lipinski definition) is 9. The van der Waals surface area contributed by atoms with E-state index in [1.54, 1.807) is 0 Å². The minimum Gasteiger partial charge on any atom is -0.328 e. The molecule has 0 amide bonds. The lowest BCUT2D eigenvalue weighted by Crippen LogP contribution is -2.05. The van der Waals surface area contributed by atoms with Gasteiger partial charge < -0.3 is 31.0 Å². The fourth-order valence-corrected chi connectivity index (χ4v) is 1.60. The van der Waals surface area contributed by atoms with Crippen LogP contribution in [0.4, 0.5) is 17.1 Å². The Morgan fingerprint density at radius 1 is 0.464 bits per heavy atom. The van der Waals surface area contributed by atoms with Crippen LogP contribution in [0.2, 0.25) is 0 Å². The monoisotopic (exact) mass is 406 g/mol. The maximum Gasteiger partial charge on any atom is 0.324 e. The molecule has 0 fully saturated rings. The Balaban J connectivity index is 0.000000358. The van der Waals surface area contributed by atoms with Crippen LogP contribution in [-0.2, 0) is 0 Å². The molecule has 0 atom stereocenters. The van der Waals surface area contributed by atoms with Gasteiger partial charge in [0.25, 0.3) is 0 Å². The Kier molecular flexibility index (Phi) is 15.9. The number of hydrazine groups is 3. The summed E-state index contributed by atoms with van der Waals surface area (Å²) < 4.78 is 0. The van der Waals surface area contributed by atoms with Crippen molar-refractivity contribution in [3.8, 4) is 0 Å². The van der Waals surface area contributed by atoms with Crippen LogP contribution in [0.5, 0.6) is 0 Å². The number of hydrogen-bond acceptors (Lipinski definition) is 9. The number of anilines is 3. The number of rotatable bonds is 3. The van der Waals surface area contributed by atoms with Crippen molar-refractivity contribution >= 4 is 25.7 Å². The van der Waals surface area contributed by atoms with E-state index >= 15 is 0 Å². The summed E-state index contributed by atoms with van der Waals surface area (Å²) in [5.74, 6) is 15.3. The predicted octanol–water partition coefficient (Wildman–Crippen LogP) is 2.11. The molecule has 10 heteroatoms. The first-order chi connectivity index (χ1) is 13.5. The minimum absolute atomic E-state index is 0.938. The third kappa shape index (κ3) is 15.5. The van der Waals surface area contributed by atoms with Crippen LogP contribution >= 0.6 is 8.60 Å². The normalized spacial score (nSPS) is 8.68. The van der Waals surface area contributed by atoms with Crippen LogP contribution in [0.15, 0.2) is 91.0 Å². The molecule has 3 rings (SSSR count). The van der Waals surface area contributed by atoms with Gasteiger partial charge >= 0.3 is 8.60 Å².